The number of rotatable bonds is 2. The Bertz CT molecular complexity index is 155. The van der Waals surface area contributed by atoms with E-state index in [1.807, 2.05) is 0 Å². The van der Waals surface area contributed by atoms with Crippen molar-refractivity contribution in [2.24, 2.45) is 0 Å². The van der Waals surface area contributed by atoms with Gasteiger partial charge in [0.25, 0.3) is 5.92 Å². The van der Waals surface area contributed by atoms with Crippen molar-refractivity contribution in [3.05, 3.63) is 0 Å². The smallest absolute Gasteiger partial charge is 0.253 e. The lowest BCUT2D eigenvalue weighted by Gasteiger charge is -2.39. The SMILES string of the molecule is Cl.FC1(F)CC(OC2CNC2)C1. The first-order valence-electron chi connectivity index (χ1n) is 3.90. The molecule has 0 amide bonds. The third kappa shape index (κ3) is 2.06. The van der Waals surface area contributed by atoms with Crippen LogP contribution in [-0.2, 0) is 4.74 Å². The minimum Gasteiger partial charge on any atom is -0.372 e. The second-order valence-electron chi connectivity index (χ2n) is 3.30. The summed E-state index contributed by atoms with van der Waals surface area (Å²) >= 11 is 0. The van der Waals surface area contributed by atoms with Crippen LogP contribution in [-0.4, -0.2) is 31.2 Å². The van der Waals surface area contributed by atoms with E-state index in [1.165, 1.54) is 0 Å². The van der Waals surface area contributed by atoms with Gasteiger partial charge in [0.05, 0.1) is 12.2 Å². The second kappa shape index (κ2) is 3.44. The van der Waals surface area contributed by atoms with E-state index in [0.717, 1.165) is 13.1 Å². The lowest BCUT2D eigenvalue weighted by Crippen LogP contribution is -2.53. The molecule has 0 atom stereocenters. The molecular formula is C7H12ClF2NO. The molecule has 2 rings (SSSR count). The van der Waals surface area contributed by atoms with Crippen LogP contribution in [0.4, 0.5) is 8.78 Å². The molecule has 0 bridgehead atoms. The normalized spacial score (nSPS) is 28.5. The summed E-state index contributed by atoms with van der Waals surface area (Å²) in [7, 11) is 0. The summed E-state index contributed by atoms with van der Waals surface area (Å²) in [5, 5.41) is 3.02. The minimum absolute atomic E-state index is 0. The first-order valence-corrected chi connectivity index (χ1v) is 3.90. The average molecular weight is 200 g/mol. The van der Waals surface area contributed by atoms with Gasteiger partial charge in [-0.3, -0.25) is 0 Å². The molecule has 0 aromatic carbocycles. The first-order chi connectivity index (χ1) is 5.16. The number of halogens is 3. The number of ether oxygens (including phenoxy) is 1. The van der Waals surface area contributed by atoms with Gasteiger partial charge >= 0.3 is 0 Å². The molecule has 0 aromatic rings. The van der Waals surface area contributed by atoms with E-state index in [-0.39, 0.29) is 37.5 Å². The van der Waals surface area contributed by atoms with Gasteiger partial charge in [-0.2, -0.15) is 0 Å². The molecule has 1 aliphatic carbocycles. The molecule has 1 N–H and O–H groups in total. The van der Waals surface area contributed by atoms with Gasteiger partial charge in [-0.15, -0.1) is 12.4 Å². The van der Waals surface area contributed by atoms with Crippen LogP contribution in [0.3, 0.4) is 0 Å². The van der Waals surface area contributed by atoms with Crippen LogP contribution in [0, 0.1) is 0 Å². The van der Waals surface area contributed by atoms with Crippen LogP contribution in [0.5, 0.6) is 0 Å². The molecule has 1 saturated heterocycles. The highest BCUT2D eigenvalue weighted by molar-refractivity contribution is 5.85. The number of alkyl halides is 2. The van der Waals surface area contributed by atoms with Gasteiger partial charge in [-0.25, -0.2) is 8.78 Å². The summed E-state index contributed by atoms with van der Waals surface area (Å²) in [4.78, 5) is 0. The summed E-state index contributed by atoms with van der Waals surface area (Å²) in [6.07, 6.45) is -0.152. The molecule has 0 aromatic heterocycles. The molecule has 2 fully saturated rings. The van der Waals surface area contributed by atoms with E-state index in [1.54, 1.807) is 0 Å². The molecule has 0 radical (unpaired) electrons. The van der Waals surface area contributed by atoms with E-state index < -0.39 is 5.92 Å². The van der Waals surface area contributed by atoms with Gasteiger partial charge in [0.2, 0.25) is 0 Å². The van der Waals surface area contributed by atoms with E-state index in [4.69, 9.17) is 4.74 Å². The van der Waals surface area contributed by atoms with Crippen LogP contribution in [0.2, 0.25) is 0 Å². The van der Waals surface area contributed by atoms with E-state index in [9.17, 15) is 8.78 Å². The fourth-order valence-electron chi connectivity index (χ4n) is 1.33. The van der Waals surface area contributed by atoms with Crippen molar-refractivity contribution >= 4 is 12.4 Å². The number of nitrogens with one attached hydrogen (secondary N) is 1. The van der Waals surface area contributed by atoms with Crippen LogP contribution in [0.25, 0.3) is 0 Å². The monoisotopic (exact) mass is 199 g/mol. The Hall–Kier alpha value is 0.0700. The Morgan fingerprint density at radius 1 is 1.17 bits per heavy atom. The molecule has 2 aliphatic rings. The van der Waals surface area contributed by atoms with Crippen molar-refractivity contribution in [3.63, 3.8) is 0 Å². The van der Waals surface area contributed by atoms with Crippen LogP contribution < -0.4 is 5.32 Å². The van der Waals surface area contributed by atoms with Gasteiger partial charge in [-0.1, -0.05) is 0 Å². The van der Waals surface area contributed by atoms with Crippen molar-refractivity contribution in [2.45, 2.75) is 31.0 Å². The molecule has 1 aliphatic heterocycles. The Kier molecular flexibility index (Phi) is 2.91. The van der Waals surface area contributed by atoms with Gasteiger partial charge in [0, 0.05) is 25.9 Å². The van der Waals surface area contributed by atoms with E-state index in [0.29, 0.717) is 0 Å². The van der Waals surface area contributed by atoms with Crippen molar-refractivity contribution in [2.75, 3.05) is 13.1 Å². The first kappa shape index (κ1) is 10.2. The largest absolute Gasteiger partial charge is 0.372 e. The molecule has 72 valence electrons. The van der Waals surface area contributed by atoms with Crippen LogP contribution in [0.15, 0.2) is 0 Å². The highest BCUT2D eigenvalue weighted by Gasteiger charge is 2.47. The maximum Gasteiger partial charge on any atom is 0.253 e. The maximum atomic E-state index is 12.3. The maximum absolute atomic E-state index is 12.3. The fourth-order valence-corrected chi connectivity index (χ4v) is 1.33. The predicted octanol–water partition coefficient (Wildman–Crippen LogP) is 1.19. The zero-order valence-electron chi connectivity index (χ0n) is 6.56. The summed E-state index contributed by atoms with van der Waals surface area (Å²) in [5.74, 6) is -2.44. The number of hydrogen-bond acceptors (Lipinski definition) is 2. The van der Waals surface area contributed by atoms with Gasteiger partial charge in [0.15, 0.2) is 0 Å². The standard InChI is InChI=1S/C7H11F2NO.ClH/c8-7(9)1-5(2-7)11-6-3-10-4-6;/h5-6,10H,1-4H2;1H. The van der Waals surface area contributed by atoms with E-state index >= 15 is 0 Å². The van der Waals surface area contributed by atoms with Crippen molar-refractivity contribution < 1.29 is 13.5 Å². The third-order valence-corrected chi connectivity index (χ3v) is 2.18. The summed E-state index contributed by atoms with van der Waals surface area (Å²) in [6.45, 7) is 1.64. The van der Waals surface area contributed by atoms with Crippen molar-refractivity contribution in [3.8, 4) is 0 Å². The fraction of sp³-hybridized carbons (Fsp3) is 1.00. The topological polar surface area (TPSA) is 21.3 Å². The summed E-state index contributed by atoms with van der Waals surface area (Å²) < 4.78 is 29.8. The minimum atomic E-state index is -2.44. The quantitative estimate of drug-likeness (QED) is 0.722. The zero-order valence-corrected chi connectivity index (χ0v) is 7.37. The summed E-state index contributed by atoms with van der Waals surface area (Å²) in [6, 6.07) is 0. The van der Waals surface area contributed by atoms with Crippen molar-refractivity contribution in [1.82, 2.24) is 5.32 Å². The zero-order chi connectivity index (χ0) is 7.90. The molecule has 2 nitrogen and oxygen atoms in total. The van der Waals surface area contributed by atoms with Crippen molar-refractivity contribution in [1.29, 1.82) is 0 Å². The Morgan fingerprint density at radius 2 is 1.75 bits per heavy atom. The second-order valence-corrected chi connectivity index (χ2v) is 3.30. The molecule has 0 spiro atoms. The van der Waals surface area contributed by atoms with Gasteiger partial charge < -0.3 is 10.1 Å². The third-order valence-electron chi connectivity index (χ3n) is 2.18. The van der Waals surface area contributed by atoms with Gasteiger partial charge in [-0.05, 0) is 0 Å². The molecule has 1 heterocycles. The van der Waals surface area contributed by atoms with Gasteiger partial charge in [0.1, 0.15) is 0 Å². The Morgan fingerprint density at radius 3 is 2.08 bits per heavy atom. The molecule has 0 unspecified atom stereocenters. The Balaban J connectivity index is 0.000000720. The lowest BCUT2D eigenvalue weighted by molar-refractivity contribution is -0.187. The van der Waals surface area contributed by atoms with E-state index in [2.05, 4.69) is 5.32 Å². The lowest BCUT2D eigenvalue weighted by atomic mass is 9.90. The average Bonchev–Trinajstić information content (AvgIpc) is 1.73. The van der Waals surface area contributed by atoms with Crippen LogP contribution in [0.1, 0.15) is 12.8 Å². The molecule has 1 saturated carbocycles. The predicted molar refractivity (Wildman–Crippen MR) is 43.0 cm³/mol. The molecule has 5 heteroatoms. The molecular weight excluding hydrogens is 188 g/mol. The summed E-state index contributed by atoms with van der Waals surface area (Å²) in [5.41, 5.74) is 0. The highest BCUT2D eigenvalue weighted by Crippen LogP contribution is 2.39. The highest BCUT2D eigenvalue weighted by atomic mass is 35.5. The van der Waals surface area contributed by atoms with Crippen LogP contribution >= 0.6 is 12.4 Å². The number of hydrogen-bond donors (Lipinski definition) is 1. The molecule has 12 heavy (non-hydrogen) atoms. The Labute approximate surface area is 76.1 Å².